The number of primary amides is 1. The second-order valence-electron chi connectivity index (χ2n) is 5.52. The van der Waals surface area contributed by atoms with E-state index in [-0.39, 0.29) is 5.91 Å². The van der Waals surface area contributed by atoms with Crippen LogP contribution >= 0.6 is 22.6 Å². The molecule has 0 spiro atoms. The summed E-state index contributed by atoms with van der Waals surface area (Å²) in [6.07, 6.45) is 0.321. The van der Waals surface area contributed by atoms with Gasteiger partial charge in [-0.1, -0.05) is 12.1 Å². The van der Waals surface area contributed by atoms with Crippen LogP contribution in [0.1, 0.15) is 22.8 Å². The molecule has 0 fully saturated rings. The van der Waals surface area contributed by atoms with Crippen LogP contribution in [0.3, 0.4) is 0 Å². The van der Waals surface area contributed by atoms with Gasteiger partial charge >= 0.3 is 0 Å². The van der Waals surface area contributed by atoms with Gasteiger partial charge in [0, 0.05) is 28.2 Å². The predicted molar refractivity (Wildman–Crippen MR) is 104 cm³/mol. The summed E-state index contributed by atoms with van der Waals surface area (Å²) in [6.45, 7) is 1.41. The zero-order chi connectivity index (χ0) is 18.4. The Hall–Kier alpha value is -2.42. The van der Waals surface area contributed by atoms with Gasteiger partial charge < -0.3 is 16.4 Å². The van der Waals surface area contributed by atoms with Crippen LogP contribution in [0, 0.1) is 3.57 Å². The number of benzene rings is 2. The number of halogens is 1. The minimum absolute atomic E-state index is 0.191. The van der Waals surface area contributed by atoms with Crippen molar-refractivity contribution >= 4 is 46.0 Å². The molecule has 0 unspecified atom stereocenters. The lowest BCUT2D eigenvalue weighted by atomic mass is 10.0. The van der Waals surface area contributed by atoms with Gasteiger partial charge in [-0.3, -0.25) is 14.4 Å². The Labute approximate surface area is 159 Å². The predicted octanol–water partition coefficient (Wildman–Crippen LogP) is 2.08. The van der Waals surface area contributed by atoms with Gasteiger partial charge in [0.05, 0.1) is 0 Å². The van der Waals surface area contributed by atoms with Gasteiger partial charge in [-0.15, -0.1) is 0 Å². The monoisotopic (exact) mass is 451 g/mol. The number of amides is 3. The smallest absolute Gasteiger partial charge is 0.251 e. The van der Waals surface area contributed by atoms with E-state index in [0.29, 0.717) is 17.7 Å². The minimum Gasteiger partial charge on any atom is -0.368 e. The summed E-state index contributed by atoms with van der Waals surface area (Å²) in [7, 11) is 0. The van der Waals surface area contributed by atoms with Gasteiger partial charge in [0.1, 0.15) is 6.04 Å². The quantitative estimate of drug-likeness (QED) is 0.587. The van der Waals surface area contributed by atoms with Crippen LogP contribution in [-0.2, 0) is 16.0 Å². The lowest BCUT2D eigenvalue weighted by Crippen LogP contribution is -2.45. The summed E-state index contributed by atoms with van der Waals surface area (Å²) in [5, 5.41) is 5.28. The Kier molecular flexibility index (Phi) is 6.51. The van der Waals surface area contributed by atoms with E-state index >= 15 is 0 Å². The molecular weight excluding hydrogens is 433 g/mol. The zero-order valence-corrected chi connectivity index (χ0v) is 15.7. The molecule has 4 N–H and O–H groups in total. The van der Waals surface area contributed by atoms with E-state index in [0.717, 1.165) is 9.13 Å². The third-order valence-electron chi connectivity index (χ3n) is 3.47. The van der Waals surface area contributed by atoms with Crippen LogP contribution in [-0.4, -0.2) is 23.8 Å². The van der Waals surface area contributed by atoms with E-state index in [4.69, 9.17) is 5.73 Å². The van der Waals surface area contributed by atoms with Gasteiger partial charge in [0.2, 0.25) is 11.8 Å². The molecule has 0 bridgehead atoms. The van der Waals surface area contributed by atoms with Crippen molar-refractivity contribution < 1.29 is 14.4 Å². The number of carbonyl (C=O) groups is 3. The van der Waals surface area contributed by atoms with Crippen LogP contribution in [0.25, 0.3) is 0 Å². The minimum atomic E-state index is -0.803. The molecule has 130 valence electrons. The lowest BCUT2D eigenvalue weighted by molar-refractivity contribution is -0.119. The number of nitrogens with one attached hydrogen (secondary N) is 2. The number of rotatable bonds is 6. The van der Waals surface area contributed by atoms with Crippen molar-refractivity contribution in [1.82, 2.24) is 5.32 Å². The van der Waals surface area contributed by atoms with Gasteiger partial charge in [0.15, 0.2) is 0 Å². The number of hydrogen-bond acceptors (Lipinski definition) is 3. The van der Waals surface area contributed by atoms with Crippen molar-refractivity contribution in [3.63, 3.8) is 0 Å². The van der Waals surface area contributed by atoms with Gasteiger partial charge in [-0.2, -0.15) is 0 Å². The van der Waals surface area contributed by atoms with E-state index in [1.165, 1.54) is 6.92 Å². The molecule has 0 aliphatic carbocycles. The largest absolute Gasteiger partial charge is 0.368 e. The SMILES string of the molecule is CC(=O)Nc1ccc(C(=O)N[C@H](Cc2ccc(I)cc2)C(N)=O)cc1. The summed E-state index contributed by atoms with van der Waals surface area (Å²) < 4.78 is 1.08. The Morgan fingerprint density at radius 1 is 1.04 bits per heavy atom. The number of nitrogens with two attached hydrogens (primary N) is 1. The average molecular weight is 451 g/mol. The van der Waals surface area contributed by atoms with Gasteiger partial charge in [-0.25, -0.2) is 0 Å². The maximum Gasteiger partial charge on any atom is 0.251 e. The van der Waals surface area contributed by atoms with E-state index in [2.05, 4.69) is 33.2 Å². The van der Waals surface area contributed by atoms with E-state index in [1.54, 1.807) is 24.3 Å². The molecular formula is C18H18IN3O3. The molecule has 2 aromatic carbocycles. The van der Waals surface area contributed by atoms with Crippen LogP contribution in [0.15, 0.2) is 48.5 Å². The molecule has 0 aliphatic heterocycles. The van der Waals surface area contributed by atoms with Crippen molar-refractivity contribution in [2.75, 3.05) is 5.32 Å². The molecule has 0 saturated heterocycles. The van der Waals surface area contributed by atoms with Gasteiger partial charge in [0.25, 0.3) is 5.91 Å². The third-order valence-corrected chi connectivity index (χ3v) is 4.19. The first-order valence-corrected chi connectivity index (χ1v) is 8.65. The van der Waals surface area contributed by atoms with Crippen molar-refractivity contribution in [1.29, 1.82) is 0 Å². The first-order valence-electron chi connectivity index (χ1n) is 7.57. The van der Waals surface area contributed by atoms with Crippen molar-refractivity contribution in [2.45, 2.75) is 19.4 Å². The van der Waals surface area contributed by atoms with E-state index in [1.807, 2.05) is 24.3 Å². The Morgan fingerprint density at radius 3 is 2.16 bits per heavy atom. The highest BCUT2D eigenvalue weighted by Crippen LogP contribution is 2.11. The second kappa shape index (κ2) is 8.61. The highest BCUT2D eigenvalue weighted by Gasteiger charge is 2.19. The van der Waals surface area contributed by atoms with Crippen LogP contribution in [0.4, 0.5) is 5.69 Å². The fourth-order valence-corrected chi connectivity index (χ4v) is 2.59. The third kappa shape index (κ3) is 5.86. The highest BCUT2D eigenvalue weighted by molar-refractivity contribution is 14.1. The fraction of sp³-hybridized carbons (Fsp3) is 0.167. The summed E-state index contributed by atoms with van der Waals surface area (Å²) in [6, 6.07) is 13.2. The molecule has 0 radical (unpaired) electrons. The van der Waals surface area contributed by atoms with Crippen LogP contribution < -0.4 is 16.4 Å². The van der Waals surface area contributed by atoms with Crippen LogP contribution in [0.5, 0.6) is 0 Å². The molecule has 0 aromatic heterocycles. The number of hydrogen-bond donors (Lipinski definition) is 3. The summed E-state index contributed by atoms with van der Waals surface area (Å²) >= 11 is 2.19. The fourth-order valence-electron chi connectivity index (χ4n) is 2.23. The lowest BCUT2D eigenvalue weighted by Gasteiger charge is -2.16. The van der Waals surface area contributed by atoms with Crippen molar-refractivity contribution in [3.8, 4) is 0 Å². The first kappa shape index (κ1) is 18.9. The van der Waals surface area contributed by atoms with Crippen molar-refractivity contribution in [2.24, 2.45) is 5.73 Å². The first-order chi connectivity index (χ1) is 11.8. The standard InChI is InChI=1S/C18H18IN3O3/c1-11(23)21-15-8-4-13(5-9-15)18(25)22-16(17(20)24)10-12-2-6-14(19)7-3-12/h2-9,16H,10H2,1H3,(H2,20,24)(H,21,23)(H,22,25)/t16-/m1/s1. The zero-order valence-electron chi connectivity index (χ0n) is 13.6. The van der Waals surface area contributed by atoms with Crippen LogP contribution in [0.2, 0.25) is 0 Å². The van der Waals surface area contributed by atoms with Crippen molar-refractivity contribution in [3.05, 3.63) is 63.2 Å². The van der Waals surface area contributed by atoms with E-state index < -0.39 is 17.9 Å². The Balaban J connectivity index is 2.05. The topological polar surface area (TPSA) is 101 Å². The molecule has 0 saturated carbocycles. The number of anilines is 1. The molecule has 3 amide bonds. The normalized spacial score (nSPS) is 11.4. The maximum absolute atomic E-state index is 12.3. The Bertz CT molecular complexity index is 773. The summed E-state index contributed by atoms with van der Waals surface area (Å²) in [4.78, 5) is 35.0. The van der Waals surface area contributed by atoms with E-state index in [9.17, 15) is 14.4 Å². The molecule has 2 aromatic rings. The summed E-state index contributed by atoms with van der Waals surface area (Å²) in [5.74, 6) is -1.19. The highest BCUT2D eigenvalue weighted by atomic mass is 127. The number of carbonyl (C=O) groups excluding carboxylic acids is 3. The molecule has 2 rings (SSSR count). The molecule has 6 nitrogen and oxygen atoms in total. The molecule has 7 heteroatoms. The summed E-state index contributed by atoms with van der Waals surface area (Å²) in [5.41, 5.74) is 7.29. The average Bonchev–Trinajstić information content (AvgIpc) is 2.56. The Morgan fingerprint density at radius 2 is 1.64 bits per heavy atom. The molecule has 0 aliphatic rings. The second-order valence-corrected chi connectivity index (χ2v) is 6.76. The molecule has 0 heterocycles. The molecule has 1 atom stereocenters. The van der Waals surface area contributed by atoms with Gasteiger partial charge in [-0.05, 0) is 64.6 Å². The maximum atomic E-state index is 12.3. The molecule has 25 heavy (non-hydrogen) atoms.